The van der Waals surface area contributed by atoms with E-state index in [1.807, 2.05) is 54.9 Å². The first-order chi connectivity index (χ1) is 13.7. The van der Waals surface area contributed by atoms with E-state index in [9.17, 15) is 4.79 Å². The van der Waals surface area contributed by atoms with Crippen molar-refractivity contribution in [2.24, 2.45) is 0 Å². The smallest absolute Gasteiger partial charge is 0.255 e. The van der Waals surface area contributed by atoms with Gasteiger partial charge < -0.3 is 10.1 Å². The monoisotopic (exact) mass is 372 g/mol. The number of pyridine rings is 1. The van der Waals surface area contributed by atoms with Crippen LogP contribution in [0.3, 0.4) is 0 Å². The standard InChI is InChI=1S/C22H20N4O2/c1-3-28-19-11-9-16(10-12-19)22(27)24-17-13-20-15(2)25-26(21(20)23-14-17)18-7-5-4-6-8-18/h4-14H,3H2,1-2H3,(H,24,27). The Balaban J connectivity index is 1.60. The summed E-state index contributed by atoms with van der Waals surface area (Å²) in [5.74, 6) is 0.545. The molecular formula is C22H20N4O2. The van der Waals surface area contributed by atoms with E-state index in [2.05, 4.69) is 15.4 Å². The molecule has 28 heavy (non-hydrogen) atoms. The van der Waals surface area contributed by atoms with Gasteiger partial charge in [-0.1, -0.05) is 18.2 Å². The maximum absolute atomic E-state index is 12.5. The number of para-hydroxylation sites is 1. The number of hydrogen-bond acceptors (Lipinski definition) is 4. The summed E-state index contributed by atoms with van der Waals surface area (Å²) in [6.45, 7) is 4.44. The maximum Gasteiger partial charge on any atom is 0.255 e. The third kappa shape index (κ3) is 3.44. The van der Waals surface area contributed by atoms with Crippen LogP contribution in [0, 0.1) is 6.92 Å². The zero-order valence-electron chi connectivity index (χ0n) is 15.7. The molecule has 1 amide bonds. The van der Waals surface area contributed by atoms with Crippen LogP contribution in [0.25, 0.3) is 16.7 Å². The number of nitrogens with zero attached hydrogens (tertiary/aromatic N) is 3. The van der Waals surface area contributed by atoms with Crippen LogP contribution in [0.15, 0.2) is 66.9 Å². The van der Waals surface area contributed by atoms with Gasteiger partial charge in [0.05, 0.1) is 29.9 Å². The molecule has 0 saturated carbocycles. The highest BCUT2D eigenvalue weighted by atomic mass is 16.5. The van der Waals surface area contributed by atoms with E-state index in [-0.39, 0.29) is 5.91 Å². The molecule has 0 radical (unpaired) electrons. The fraction of sp³-hybridized carbons (Fsp3) is 0.136. The fourth-order valence-corrected chi connectivity index (χ4v) is 3.03. The third-order valence-corrected chi connectivity index (χ3v) is 4.39. The van der Waals surface area contributed by atoms with Crippen LogP contribution in [0.2, 0.25) is 0 Å². The number of benzene rings is 2. The van der Waals surface area contributed by atoms with Crippen LogP contribution < -0.4 is 10.1 Å². The van der Waals surface area contributed by atoms with Crippen molar-refractivity contribution in [2.75, 3.05) is 11.9 Å². The number of carbonyl (C=O) groups excluding carboxylic acids is 1. The molecule has 0 atom stereocenters. The van der Waals surface area contributed by atoms with Gasteiger partial charge in [-0.2, -0.15) is 5.10 Å². The summed E-state index contributed by atoms with van der Waals surface area (Å²) in [4.78, 5) is 17.1. The summed E-state index contributed by atoms with van der Waals surface area (Å²) in [6.07, 6.45) is 1.65. The summed E-state index contributed by atoms with van der Waals surface area (Å²) in [5, 5.41) is 8.39. The summed E-state index contributed by atoms with van der Waals surface area (Å²) in [5.41, 5.74) is 3.73. The summed E-state index contributed by atoms with van der Waals surface area (Å²) in [6, 6.07) is 18.8. The normalized spacial score (nSPS) is 10.8. The third-order valence-electron chi connectivity index (χ3n) is 4.39. The number of rotatable bonds is 5. The van der Waals surface area contributed by atoms with Gasteiger partial charge in [-0.3, -0.25) is 4.79 Å². The Labute approximate surface area is 162 Å². The van der Waals surface area contributed by atoms with E-state index in [0.29, 0.717) is 17.9 Å². The maximum atomic E-state index is 12.5. The van der Waals surface area contributed by atoms with E-state index < -0.39 is 0 Å². The Bertz CT molecular complexity index is 1120. The van der Waals surface area contributed by atoms with Crippen molar-refractivity contribution in [3.05, 3.63) is 78.1 Å². The molecule has 0 spiro atoms. The molecule has 0 aliphatic heterocycles. The van der Waals surface area contributed by atoms with Crippen molar-refractivity contribution < 1.29 is 9.53 Å². The van der Waals surface area contributed by atoms with Crippen LogP contribution in [0.1, 0.15) is 23.0 Å². The van der Waals surface area contributed by atoms with Gasteiger partial charge in [0.1, 0.15) is 5.75 Å². The quantitative estimate of drug-likeness (QED) is 0.564. The Morgan fingerprint density at radius 3 is 2.57 bits per heavy atom. The lowest BCUT2D eigenvalue weighted by atomic mass is 10.2. The van der Waals surface area contributed by atoms with Crippen LogP contribution >= 0.6 is 0 Å². The second-order valence-corrected chi connectivity index (χ2v) is 6.34. The van der Waals surface area contributed by atoms with Gasteiger partial charge in [0.2, 0.25) is 0 Å². The van der Waals surface area contributed by atoms with E-state index in [1.165, 1.54) is 0 Å². The number of nitrogens with one attached hydrogen (secondary N) is 1. The Morgan fingerprint density at radius 2 is 1.86 bits per heavy atom. The highest BCUT2D eigenvalue weighted by Gasteiger charge is 2.13. The molecule has 2 heterocycles. The van der Waals surface area contributed by atoms with Crippen molar-refractivity contribution >= 4 is 22.6 Å². The number of carbonyl (C=O) groups is 1. The van der Waals surface area contributed by atoms with Crippen LogP contribution in [0.4, 0.5) is 5.69 Å². The predicted octanol–water partition coefficient (Wildman–Crippen LogP) is 4.38. The van der Waals surface area contributed by atoms with Crippen molar-refractivity contribution in [2.45, 2.75) is 13.8 Å². The molecule has 0 aliphatic carbocycles. The second-order valence-electron chi connectivity index (χ2n) is 6.34. The average molecular weight is 372 g/mol. The number of aryl methyl sites for hydroxylation is 1. The Hall–Kier alpha value is -3.67. The molecule has 0 saturated heterocycles. The molecule has 0 bridgehead atoms. The van der Waals surface area contributed by atoms with E-state index >= 15 is 0 Å². The number of hydrogen-bond donors (Lipinski definition) is 1. The largest absolute Gasteiger partial charge is 0.494 e. The first-order valence-electron chi connectivity index (χ1n) is 9.10. The Kier molecular flexibility index (Phi) is 4.76. The SMILES string of the molecule is CCOc1ccc(C(=O)Nc2cnc3c(c2)c(C)nn3-c2ccccc2)cc1. The molecule has 2 aromatic heterocycles. The number of anilines is 1. The molecule has 2 aromatic carbocycles. The molecule has 0 fully saturated rings. The minimum atomic E-state index is -0.197. The molecule has 0 aliphatic rings. The molecular weight excluding hydrogens is 352 g/mol. The van der Waals surface area contributed by atoms with Gasteiger partial charge in [-0.05, 0) is 56.3 Å². The summed E-state index contributed by atoms with van der Waals surface area (Å²) in [7, 11) is 0. The number of fused-ring (bicyclic) bond motifs is 1. The second kappa shape index (κ2) is 7.52. The van der Waals surface area contributed by atoms with Gasteiger partial charge in [-0.15, -0.1) is 0 Å². The van der Waals surface area contributed by atoms with Gasteiger partial charge in [0.25, 0.3) is 5.91 Å². The van der Waals surface area contributed by atoms with E-state index in [0.717, 1.165) is 28.2 Å². The topological polar surface area (TPSA) is 69.0 Å². The highest BCUT2D eigenvalue weighted by Crippen LogP contribution is 2.23. The van der Waals surface area contributed by atoms with Gasteiger partial charge >= 0.3 is 0 Å². The summed E-state index contributed by atoms with van der Waals surface area (Å²) < 4.78 is 7.22. The van der Waals surface area contributed by atoms with E-state index in [4.69, 9.17) is 4.74 Å². The lowest BCUT2D eigenvalue weighted by Crippen LogP contribution is -2.12. The number of aromatic nitrogens is 3. The lowest BCUT2D eigenvalue weighted by molar-refractivity contribution is 0.102. The average Bonchev–Trinajstić information content (AvgIpc) is 3.05. The summed E-state index contributed by atoms with van der Waals surface area (Å²) >= 11 is 0. The fourth-order valence-electron chi connectivity index (χ4n) is 3.03. The highest BCUT2D eigenvalue weighted by molar-refractivity contribution is 6.05. The van der Waals surface area contributed by atoms with Crippen LogP contribution in [-0.2, 0) is 0 Å². The predicted molar refractivity (Wildman–Crippen MR) is 109 cm³/mol. The van der Waals surface area contributed by atoms with Gasteiger partial charge in [-0.25, -0.2) is 9.67 Å². The van der Waals surface area contributed by atoms with Gasteiger partial charge in [0.15, 0.2) is 5.65 Å². The van der Waals surface area contributed by atoms with Crippen molar-refractivity contribution in [3.63, 3.8) is 0 Å². The van der Waals surface area contributed by atoms with Crippen LogP contribution in [0.5, 0.6) is 5.75 Å². The molecule has 140 valence electrons. The van der Waals surface area contributed by atoms with Crippen molar-refractivity contribution in [1.82, 2.24) is 14.8 Å². The van der Waals surface area contributed by atoms with Crippen LogP contribution in [-0.4, -0.2) is 27.3 Å². The molecule has 1 N–H and O–H groups in total. The molecule has 0 unspecified atom stereocenters. The number of amides is 1. The first-order valence-corrected chi connectivity index (χ1v) is 9.10. The Morgan fingerprint density at radius 1 is 1.11 bits per heavy atom. The zero-order chi connectivity index (χ0) is 19.5. The van der Waals surface area contributed by atoms with Crippen molar-refractivity contribution in [1.29, 1.82) is 0 Å². The lowest BCUT2D eigenvalue weighted by Gasteiger charge is -2.07. The van der Waals surface area contributed by atoms with Gasteiger partial charge in [0, 0.05) is 10.9 Å². The zero-order valence-corrected chi connectivity index (χ0v) is 15.7. The minimum Gasteiger partial charge on any atom is -0.494 e. The minimum absolute atomic E-state index is 0.197. The molecule has 6 heteroatoms. The van der Waals surface area contributed by atoms with Crippen molar-refractivity contribution in [3.8, 4) is 11.4 Å². The number of ether oxygens (including phenoxy) is 1. The molecule has 4 aromatic rings. The molecule has 4 rings (SSSR count). The first kappa shape index (κ1) is 17.7. The molecule has 6 nitrogen and oxygen atoms in total. The van der Waals surface area contributed by atoms with E-state index in [1.54, 1.807) is 30.5 Å².